The van der Waals surface area contributed by atoms with Crippen LogP contribution in [0.4, 0.5) is 5.69 Å². The summed E-state index contributed by atoms with van der Waals surface area (Å²) in [6, 6.07) is 13.3. The van der Waals surface area contributed by atoms with E-state index in [1.165, 1.54) is 0 Å². The lowest BCUT2D eigenvalue weighted by molar-refractivity contribution is -0.146. The van der Waals surface area contributed by atoms with Gasteiger partial charge in [0.15, 0.2) is 0 Å². The molecule has 8 nitrogen and oxygen atoms in total. The van der Waals surface area contributed by atoms with Gasteiger partial charge in [0.2, 0.25) is 0 Å². The number of rotatable bonds is 6. The van der Waals surface area contributed by atoms with Crippen molar-refractivity contribution in [3.8, 4) is 0 Å². The number of likely N-dealkylation sites (tertiary alicyclic amines) is 1. The summed E-state index contributed by atoms with van der Waals surface area (Å²) in [5, 5.41) is 22.7. The van der Waals surface area contributed by atoms with Gasteiger partial charge in [-0.15, -0.1) is 0 Å². The lowest BCUT2D eigenvalue weighted by atomic mass is 9.94. The van der Waals surface area contributed by atoms with E-state index in [-0.39, 0.29) is 5.91 Å². The van der Waals surface area contributed by atoms with Gasteiger partial charge in [0.1, 0.15) is 6.04 Å². The van der Waals surface area contributed by atoms with Crippen molar-refractivity contribution >= 4 is 34.4 Å². The maximum atomic E-state index is 12.5. The molecule has 0 aliphatic carbocycles. The van der Waals surface area contributed by atoms with Crippen LogP contribution in [-0.4, -0.2) is 51.0 Å². The predicted octanol–water partition coefficient (Wildman–Crippen LogP) is 3.34. The molecule has 1 saturated heterocycles. The smallest absolute Gasteiger partial charge is 0.325 e. The lowest BCUT2D eigenvalue weighted by Crippen LogP contribution is -2.41. The quantitative estimate of drug-likeness (QED) is 0.484. The second-order valence-corrected chi connectivity index (χ2v) is 7.71. The molecule has 4 N–H and O–H groups in total. The maximum absolute atomic E-state index is 12.5. The van der Waals surface area contributed by atoms with E-state index >= 15 is 0 Å². The molecule has 0 radical (unpaired) electrons. The Morgan fingerprint density at radius 3 is 2.39 bits per heavy atom. The third-order valence-corrected chi connectivity index (χ3v) is 5.78. The van der Waals surface area contributed by atoms with Gasteiger partial charge in [-0.25, -0.2) is 0 Å². The summed E-state index contributed by atoms with van der Waals surface area (Å²) in [7, 11) is 0. The minimum Gasteiger partial charge on any atom is -0.481 e. The summed E-state index contributed by atoms with van der Waals surface area (Å²) in [6.45, 7) is 0.788. The Labute approximate surface area is 178 Å². The van der Waals surface area contributed by atoms with E-state index in [0.29, 0.717) is 48.1 Å². The van der Waals surface area contributed by atoms with Crippen LogP contribution in [0.2, 0.25) is 0 Å². The second-order valence-electron chi connectivity index (χ2n) is 7.71. The van der Waals surface area contributed by atoms with Crippen LogP contribution in [0.1, 0.15) is 34.8 Å². The molecule has 4 rings (SSSR count). The highest BCUT2D eigenvalue weighted by Gasteiger charge is 2.34. The number of hydrogen-bond acceptors (Lipinski definition) is 4. The number of H-pyrrole nitrogens is 1. The SMILES string of the molecule is O=C(Nc1ccc2[nH]cc([C@@H](C(=O)O)N3CCC(C(=O)O)CC3)c2c1)c1ccccc1. The van der Waals surface area contributed by atoms with Crippen LogP contribution in [0, 0.1) is 5.92 Å². The highest BCUT2D eigenvalue weighted by molar-refractivity contribution is 6.05. The van der Waals surface area contributed by atoms with Crippen LogP contribution in [-0.2, 0) is 9.59 Å². The fourth-order valence-electron chi connectivity index (χ4n) is 4.13. The Kier molecular flexibility index (Phi) is 5.73. The van der Waals surface area contributed by atoms with Crippen LogP contribution in [0.3, 0.4) is 0 Å². The second kappa shape index (κ2) is 8.61. The molecule has 2 heterocycles. The van der Waals surface area contributed by atoms with Gasteiger partial charge < -0.3 is 20.5 Å². The number of aliphatic carboxylic acids is 2. The monoisotopic (exact) mass is 421 g/mol. The van der Waals surface area contributed by atoms with Gasteiger partial charge in [-0.2, -0.15) is 0 Å². The van der Waals surface area contributed by atoms with Crippen LogP contribution >= 0.6 is 0 Å². The Bertz CT molecular complexity index is 1120. The van der Waals surface area contributed by atoms with E-state index in [4.69, 9.17) is 0 Å². The Morgan fingerprint density at radius 2 is 1.74 bits per heavy atom. The number of carbonyl (C=O) groups excluding carboxylic acids is 1. The number of carbonyl (C=O) groups is 3. The summed E-state index contributed by atoms with van der Waals surface area (Å²) < 4.78 is 0. The van der Waals surface area contributed by atoms with Crippen LogP contribution in [0.5, 0.6) is 0 Å². The number of carboxylic acid groups (broad SMARTS) is 2. The fraction of sp³-hybridized carbons (Fsp3) is 0.261. The van der Waals surface area contributed by atoms with Gasteiger partial charge in [-0.1, -0.05) is 18.2 Å². The van der Waals surface area contributed by atoms with Gasteiger partial charge in [0, 0.05) is 47.0 Å². The van der Waals surface area contributed by atoms with Crippen molar-refractivity contribution in [2.45, 2.75) is 18.9 Å². The first kappa shape index (κ1) is 20.6. The maximum Gasteiger partial charge on any atom is 0.325 e. The number of nitrogens with zero attached hydrogens (tertiary/aromatic N) is 1. The highest BCUT2D eigenvalue weighted by atomic mass is 16.4. The highest BCUT2D eigenvalue weighted by Crippen LogP contribution is 2.33. The van der Waals surface area contributed by atoms with Gasteiger partial charge in [-0.05, 0) is 43.2 Å². The molecule has 1 amide bonds. The molecule has 1 aromatic heterocycles. The number of amides is 1. The number of anilines is 1. The molecule has 160 valence electrons. The molecule has 2 aromatic carbocycles. The predicted molar refractivity (Wildman–Crippen MR) is 115 cm³/mol. The van der Waals surface area contributed by atoms with Crippen molar-refractivity contribution in [3.05, 3.63) is 65.9 Å². The third-order valence-electron chi connectivity index (χ3n) is 5.78. The number of nitrogens with one attached hydrogen (secondary N) is 2. The first-order valence-electron chi connectivity index (χ1n) is 10.1. The number of carboxylic acids is 2. The van der Waals surface area contributed by atoms with Gasteiger partial charge in [0.25, 0.3) is 5.91 Å². The molecule has 0 spiro atoms. The Hall–Kier alpha value is -3.65. The molecule has 1 aliphatic rings. The summed E-state index contributed by atoms with van der Waals surface area (Å²) in [6.07, 6.45) is 2.51. The molecule has 1 atom stereocenters. The molecule has 1 fully saturated rings. The molecule has 0 unspecified atom stereocenters. The Morgan fingerprint density at radius 1 is 1.03 bits per heavy atom. The van der Waals surface area contributed by atoms with Gasteiger partial charge >= 0.3 is 11.9 Å². The molecule has 8 heteroatoms. The first-order chi connectivity index (χ1) is 14.9. The molecular formula is C23H23N3O5. The van der Waals surface area contributed by atoms with Crippen molar-refractivity contribution in [3.63, 3.8) is 0 Å². The van der Waals surface area contributed by atoms with Crippen molar-refractivity contribution in [2.24, 2.45) is 5.92 Å². The molecule has 0 saturated carbocycles. The molecule has 0 bridgehead atoms. The summed E-state index contributed by atoms with van der Waals surface area (Å²) in [5.41, 5.74) is 2.45. The number of piperidine rings is 1. The van der Waals surface area contributed by atoms with E-state index in [0.717, 1.165) is 5.52 Å². The van der Waals surface area contributed by atoms with E-state index in [9.17, 15) is 24.6 Å². The zero-order chi connectivity index (χ0) is 22.0. The molecular weight excluding hydrogens is 398 g/mol. The van der Waals surface area contributed by atoms with E-state index in [2.05, 4.69) is 10.3 Å². The van der Waals surface area contributed by atoms with Crippen LogP contribution in [0.15, 0.2) is 54.7 Å². The molecule has 31 heavy (non-hydrogen) atoms. The van der Waals surface area contributed by atoms with Gasteiger partial charge in [0.05, 0.1) is 5.92 Å². The van der Waals surface area contributed by atoms with Crippen molar-refractivity contribution in [2.75, 3.05) is 18.4 Å². The zero-order valence-electron chi connectivity index (χ0n) is 16.7. The average molecular weight is 421 g/mol. The van der Waals surface area contributed by atoms with E-state index in [1.807, 2.05) is 6.07 Å². The van der Waals surface area contributed by atoms with Crippen molar-refractivity contribution < 1.29 is 24.6 Å². The van der Waals surface area contributed by atoms with Gasteiger partial charge in [-0.3, -0.25) is 19.3 Å². The normalized spacial score (nSPS) is 16.1. The minimum atomic E-state index is -0.992. The molecule has 1 aliphatic heterocycles. The number of fused-ring (bicyclic) bond motifs is 1. The fourth-order valence-corrected chi connectivity index (χ4v) is 4.13. The van der Waals surface area contributed by atoms with Crippen LogP contribution < -0.4 is 5.32 Å². The number of aromatic nitrogens is 1. The molecule has 3 aromatic rings. The standard InChI is InChI=1S/C23H23N3O5/c27-21(14-4-2-1-3-5-14)25-16-6-7-19-17(12-16)18(13-24-19)20(23(30)31)26-10-8-15(9-11-26)22(28)29/h1-7,12-13,15,20,24H,8-11H2,(H,25,27)(H,28,29)(H,30,31)/t20-/m0/s1. The Balaban J connectivity index is 1.60. The van der Waals surface area contributed by atoms with Crippen molar-refractivity contribution in [1.29, 1.82) is 0 Å². The lowest BCUT2D eigenvalue weighted by Gasteiger charge is -2.34. The number of benzene rings is 2. The summed E-state index contributed by atoms with van der Waals surface area (Å²) >= 11 is 0. The van der Waals surface area contributed by atoms with E-state index in [1.54, 1.807) is 53.6 Å². The number of hydrogen-bond donors (Lipinski definition) is 4. The topological polar surface area (TPSA) is 123 Å². The largest absolute Gasteiger partial charge is 0.481 e. The van der Waals surface area contributed by atoms with Crippen LogP contribution in [0.25, 0.3) is 10.9 Å². The summed E-state index contributed by atoms with van der Waals surface area (Å²) in [5.74, 6) is -2.51. The minimum absolute atomic E-state index is 0.248. The average Bonchev–Trinajstić information content (AvgIpc) is 3.17. The third kappa shape index (κ3) is 4.29. The summed E-state index contributed by atoms with van der Waals surface area (Å²) in [4.78, 5) is 40.8. The zero-order valence-corrected chi connectivity index (χ0v) is 16.7. The van der Waals surface area contributed by atoms with Crippen molar-refractivity contribution in [1.82, 2.24) is 9.88 Å². The number of aromatic amines is 1. The van der Waals surface area contributed by atoms with E-state index < -0.39 is 23.9 Å². The first-order valence-corrected chi connectivity index (χ1v) is 10.1.